The zero-order valence-electron chi connectivity index (χ0n) is 9.34. The fraction of sp³-hybridized carbons (Fsp3) is 0.308. The molecule has 0 bridgehead atoms. The third-order valence-corrected chi connectivity index (χ3v) is 2.29. The summed E-state index contributed by atoms with van der Waals surface area (Å²) in [4.78, 5) is 11.0. The average molecular weight is 237 g/mol. The van der Waals surface area contributed by atoms with Crippen molar-refractivity contribution in [1.29, 1.82) is 0 Å². The molecule has 0 radical (unpaired) electrons. The molecule has 3 heteroatoms. The Hall–Kier alpha value is -1.46. The van der Waals surface area contributed by atoms with E-state index in [9.17, 15) is 4.79 Å². The molecule has 0 atom stereocenters. The van der Waals surface area contributed by atoms with Crippen LogP contribution in [0.2, 0.25) is 5.02 Å². The summed E-state index contributed by atoms with van der Waals surface area (Å²) in [6.45, 7) is 4.08. The minimum absolute atomic E-state index is 0.0957. The SMILES string of the molecule is CCOC(=O)CC#Cc1c(C)cccc1Cl. The quantitative estimate of drug-likeness (QED) is 0.583. The van der Waals surface area contributed by atoms with E-state index in [4.69, 9.17) is 16.3 Å². The topological polar surface area (TPSA) is 26.3 Å². The maximum Gasteiger partial charge on any atom is 0.317 e. The molecule has 0 aliphatic rings. The van der Waals surface area contributed by atoms with Gasteiger partial charge in [-0.15, -0.1) is 0 Å². The largest absolute Gasteiger partial charge is 0.465 e. The molecule has 0 fully saturated rings. The molecule has 0 heterocycles. The molecule has 84 valence electrons. The molecule has 16 heavy (non-hydrogen) atoms. The van der Waals surface area contributed by atoms with Crippen LogP contribution in [0.25, 0.3) is 0 Å². The molecule has 0 unspecified atom stereocenters. The molecular weight excluding hydrogens is 224 g/mol. The summed E-state index contributed by atoms with van der Waals surface area (Å²) in [6, 6.07) is 5.58. The van der Waals surface area contributed by atoms with Gasteiger partial charge in [-0.2, -0.15) is 0 Å². The summed E-state index contributed by atoms with van der Waals surface area (Å²) in [5, 5.41) is 0.608. The van der Waals surface area contributed by atoms with Gasteiger partial charge in [0.1, 0.15) is 6.42 Å². The zero-order valence-corrected chi connectivity index (χ0v) is 10.1. The van der Waals surface area contributed by atoms with Gasteiger partial charge in [-0.3, -0.25) is 4.79 Å². The highest BCUT2D eigenvalue weighted by Crippen LogP contribution is 2.17. The van der Waals surface area contributed by atoms with Crippen LogP contribution in [-0.4, -0.2) is 12.6 Å². The number of ether oxygens (including phenoxy) is 1. The van der Waals surface area contributed by atoms with Crippen LogP contribution < -0.4 is 0 Å². The van der Waals surface area contributed by atoms with Crippen molar-refractivity contribution < 1.29 is 9.53 Å². The van der Waals surface area contributed by atoms with Gasteiger partial charge >= 0.3 is 5.97 Å². The predicted molar refractivity (Wildman–Crippen MR) is 64.3 cm³/mol. The van der Waals surface area contributed by atoms with Gasteiger partial charge in [0.15, 0.2) is 0 Å². The van der Waals surface area contributed by atoms with Crippen LogP contribution in [-0.2, 0) is 9.53 Å². The van der Waals surface area contributed by atoms with Crippen molar-refractivity contribution in [3.63, 3.8) is 0 Å². The van der Waals surface area contributed by atoms with Crippen LogP contribution in [0.15, 0.2) is 18.2 Å². The summed E-state index contributed by atoms with van der Waals surface area (Å²) in [6.07, 6.45) is 0.0957. The second-order valence-corrected chi connectivity index (χ2v) is 3.62. The van der Waals surface area contributed by atoms with Crippen LogP contribution in [0.3, 0.4) is 0 Å². The molecule has 0 aliphatic carbocycles. The molecule has 0 aromatic heterocycles. The number of hydrogen-bond acceptors (Lipinski definition) is 2. The molecular formula is C13H13ClO2. The Kier molecular flexibility index (Phi) is 4.88. The molecule has 2 nitrogen and oxygen atoms in total. The first-order valence-corrected chi connectivity index (χ1v) is 5.42. The van der Waals surface area contributed by atoms with Gasteiger partial charge in [0.25, 0.3) is 0 Å². The number of esters is 1. The first-order valence-electron chi connectivity index (χ1n) is 5.04. The van der Waals surface area contributed by atoms with Gasteiger partial charge < -0.3 is 4.74 Å². The van der Waals surface area contributed by atoms with E-state index in [-0.39, 0.29) is 12.4 Å². The third-order valence-electron chi connectivity index (χ3n) is 1.97. The average Bonchev–Trinajstić information content (AvgIpc) is 2.23. The standard InChI is InChI=1S/C13H13ClO2/c1-3-16-13(15)9-5-7-11-10(2)6-4-8-12(11)14/h4,6,8H,3,9H2,1-2H3. The summed E-state index contributed by atoms with van der Waals surface area (Å²) in [5.41, 5.74) is 1.78. The Morgan fingerprint density at radius 3 is 2.88 bits per heavy atom. The molecule has 0 N–H and O–H groups in total. The highest BCUT2D eigenvalue weighted by molar-refractivity contribution is 6.31. The lowest BCUT2D eigenvalue weighted by Gasteiger charge is -1.99. The highest BCUT2D eigenvalue weighted by atomic mass is 35.5. The van der Waals surface area contributed by atoms with Crippen LogP contribution >= 0.6 is 11.6 Å². The molecule has 0 saturated heterocycles. The van der Waals surface area contributed by atoms with Crippen molar-refractivity contribution in [1.82, 2.24) is 0 Å². The van der Waals surface area contributed by atoms with Crippen molar-refractivity contribution in [3.8, 4) is 11.8 Å². The van der Waals surface area contributed by atoms with Crippen LogP contribution in [0.1, 0.15) is 24.5 Å². The molecule has 0 aliphatic heterocycles. The number of halogens is 1. The first kappa shape index (κ1) is 12.6. The van der Waals surface area contributed by atoms with Gasteiger partial charge in [-0.1, -0.05) is 35.6 Å². The highest BCUT2D eigenvalue weighted by Gasteiger charge is 2.00. The van der Waals surface area contributed by atoms with E-state index in [0.29, 0.717) is 11.6 Å². The second-order valence-electron chi connectivity index (χ2n) is 3.22. The predicted octanol–water partition coefficient (Wildman–Crippen LogP) is 2.95. The van der Waals surface area contributed by atoms with Gasteiger partial charge in [-0.05, 0) is 25.5 Å². The summed E-state index contributed by atoms with van der Waals surface area (Å²) in [5.74, 6) is 5.34. The summed E-state index contributed by atoms with van der Waals surface area (Å²) < 4.78 is 4.77. The fourth-order valence-corrected chi connectivity index (χ4v) is 1.48. The second kappa shape index (κ2) is 6.19. The number of aryl methyl sites for hydroxylation is 1. The Labute approximate surface area is 101 Å². The Morgan fingerprint density at radius 1 is 1.50 bits per heavy atom. The molecule has 1 aromatic rings. The Bertz CT molecular complexity index is 421. The van der Waals surface area contributed by atoms with Crippen molar-refractivity contribution >= 4 is 17.6 Å². The van der Waals surface area contributed by atoms with E-state index in [2.05, 4.69) is 11.8 Å². The van der Waals surface area contributed by atoms with Crippen molar-refractivity contribution in [3.05, 3.63) is 34.3 Å². The minimum atomic E-state index is -0.306. The fourth-order valence-electron chi connectivity index (χ4n) is 1.21. The third kappa shape index (κ3) is 3.60. The van der Waals surface area contributed by atoms with Crippen molar-refractivity contribution in [2.45, 2.75) is 20.3 Å². The van der Waals surface area contributed by atoms with Crippen molar-refractivity contribution in [2.24, 2.45) is 0 Å². The lowest BCUT2D eigenvalue weighted by Crippen LogP contribution is -2.01. The van der Waals surface area contributed by atoms with Gasteiger partial charge in [0.2, 0.25) is 0 Å². The van der Waals surface area contributed by atoms with Gasteiger partial charge in [-0.25, -0.2) is 0 Å². The van der Waals surface area contributed by atoms with E-state index in [1.54, 1.807) is 13.0 Å². The Morgan fingerprint density at radius 2 is 2.25 bits per heavy atom. The Balaban J connectivity index is 2.74. The zero-order chi connectivity index (χ0) is 12.0. The lowest BCUT2D eigenvalue weighted by molar-refractivity contribution is -0.141. The van der Waals surface area contributed by atoms with E-state index < -0.39 is 0 Å². The lowest BCUT2D eigenvalue weighted by atomic mass is 10.1. The number of carbonyl (C=O) groups is 1. The molecule has 0 spiro atoms. The number of carbonyl (C=O) groups excluding carboxylic acids is 1. The molecule has 1 rings (SSSR count). The monoisotopic (exact) mass is 236 g/mol. The minimum Gasteiger partial charge on any atom is -0.465 e. The van der Waals surface area contributed by atoms with E-state index in [1.807, 2.05) is 19.1 Å². The molecule has 0 amide bonds. The summed E-state index contributed by atoms with van der Waals surface area (Å²) in [7, 11) is 0. The first-order chi connectivity index (χ1) is 7.65. The number of rotatable bonds is 2. The van der Waals surface area contributed by atoms with E-state index >= 15 is 0 Å². The molecule has 1 aromatic carbocycles. The maximum absolute atomic E-state index is 11.0. The van der Waals surface area contributed by atoms with Gasteiger partial charge in [0, 0.05) is 5.56 Å². The van der Waals surface area contributed by atoms with Crippen LogP contribution in [0.4, 0.5) is 0 Å². The normalized spacial score (nSPS) is 9.19. The molecule has 0 saturated carbocycles. The number of benzene rings is 1. The van der Waals surface area contributed by atoms with Crippen molar-refractivity contribution in [2.75, 3.05) is 6.61 Å². The number of hydrogen-bond donors (Lipinski definition) is 0. The van der Waals surface area contributed by atoms with Crippen LogP contribution in [0, 0.1) is 18.8 Å². The van der Waals surface area contributed by atoms with Gasteiger partial charge in [0.05, 0.1) is 11.6 Å². The van der Waals surface area contributed by atoms with E-state index in [1.165, 1.54) is 0 Å². The maximum atomic E-state index is 11.0. The van der Waals surface area contributed by atoms with E-state index in [0.717, 1.165) is 11.1 Å². The van der Waals surface area contributed by atoms with Crippen LogP contribution in [0.5, 0.6) is 0 Å². The summed E-state index contributed by atoms with van der Waals surface area (Å²) >= 11 is 5.99. The smallest absolute Gasteiger partial charge is 0.317 e.